The number of hydrogen-bond donors (Lipinski definition) is 6. The van der Waals surface area contributed by atoms with E-state index in [2.05, 4.69) is 5.32 Å². The third kappa shape index (κ3) is 17.1. The summed E-state index contributed by atoms with van der Waals surface area (Å²) in [5.74, 6) is -7.02. The zero-order valence-corrected chi connectivity index (χ0v) is 46.0. The molecule has 4 aliphatic rings. The lowest BCUT2D eigenvalue weighted by Gasteiger charge is -2.54. The summed E-state index contributed by atoms with van der Waals surface area (Å²) in [5, 5.41) is 58.1. The van der Waals surface area contributed by atoms with Gasteiger partial charge in [0.2, 0.25) is 11.7 Å². The van der Waals surface area contributed by atoms with Gasteiger partial charge >= 0.3 is 11.9 Å². The number of aliphatic hydroxyl groups is 4. The molecule has 19 heteroatoms. The number of amides is 1. The summed E-state index contributed by atoms with van der Waals surface area (Å²) in [4.78, 5) is 39.0. The molecule has 6 N–H and O–H groups in total. The normalized spacial score (nSPS) is 34.4. The second-order valence-corrected chi connectivity index (χ2v) is 20.6. The van der Waals surface area contributed by atoms with Gasteiger partial charge in [0.05, 0.1) is 61.9 Å². The highest BCUT2D eigenvalue weighted by atomic mass is 16.7. The molecule has 77 heavy (non-hydrogen) atoms. The summed E-state index contributed by atoms with van der Waals surface area (Å²) >= 11 is 0. The fourth-order valence-corrected chi connectivity index (χ4v) is 10.2. The minimum Gasteiger partial charge on any atom is -0.478 e. The van der Waals surface area contributed by atoms with Gasteiger partial charge in [0.15, 0.2) is 12.6 Å². The molecular weight excluding hydrogens is 999 g/mol. The van der Waals surface area contributed by atoms with E-state index in [-0.39, 0.29) is 37.8 Å². The Kier molecular flexibility index (Phi) is 24.6. The zero-order valence-electron chi connectivity index (χ0n) is 46.0. The Morgan fingerprint density at radius 2 is 1.53 bits per heavy atom. The van der Waals surface area contributed by atoms with Crippen molar-refractivity contribution in [2.24, 2.45) is 17.3 Å². The predicted molar refractivity (Wildman–Crippen MR) is 284 cm³/mol. The molecular formula is C58H83NO18. The Morgan fingerprint density at radius 3 is 2.21 bits per heavy atom. The lowest BCUT2D eigenvalue weighted by Crippen LogP contribution is -2.70. The molecule has 4 fully saturated rings. The molecule has 428 valence electrons. The highest BCUT2D eigenvalue weighted by Crippen LogP contribution is 2.46. The van der Waals surface area contributed by atoms with E-state index < -0.39 is 127 Å². The van der Waals surface area contributed by atoms with E-state index in [0.717, 1.165) is 11.6 Å². The Morgan fingerprint density at radius 1 is 0.857 bits per heavy atom. The number of carboxylic acids is 1. The molecule has 5 rings (SSSR count). The molecule has 0 saturated carbocycles. The van der Waals surface area contributed by atoms with E-state index in [0.29, 0.717) is 12.0 Å². The summed E-state index contributed by atoms with van der Waals surface area (Å²) in [5.41, 5.74) is 0.369. The van der Waals surface area contributed by atoms with Crippen molar-refractivity contribution in [2.75, 3.05) is 34.5 Å². The smallest absolute Gasteiger partial charge is 0.328 e. The van der Waals surface area contributed by atoms with Crippen molar-refractivity contribution in [3.8, 4) is 0 Å². The molecule has 19 nitrogen and oxygen atoms in total. The minimum absolute atomic E-state index is 0.0405. The number of rotatable bonds is 25. The van der Waals surface area contributed by atoms with Crippen molar-refractivity contribution in [3.05, 3.63) is 120 Å². The second-order valence-electron chi connectivity index (χ2n) is 20.6. The molecule has 1 amide bonds. The van der Waals surface area contributed by atoms with Crippen molar-refractivity contribution in [1.29, 1.82) is 0 Å². The lowest BCUT2D eigenvalue weighted by atomic mass is 9.71. The van der Waals surface area contributed by atoms with Crippen molar-refractivity contribution in [1.82, 2.24) is 5.32 Å². The summed E-state index contributed by atoms with van der Waals surface area (Å²) in [6, 6.07) is 8.96. The van der Waals surface area contributed by atoms with Gasteiger partial charge in [-0.3, -0.25) is 9.59 Å². The van der Waals surface area contributed by atoms with Gasteiger partial charge in [-0.25, -0.2) is 4.79 Å². The van der Waals surface area contributed by atoms with Crippen LogP contribution in [0.1, 0.15) is 73.3 Å². The van der Waals surface area contributed by atoms with Crippen LogP contribution in [0, 0.1) is 17.3 Å². The maximum absolute atomic E-state index is 14.7. The molecule has 0 aromatic heterocycles. The third-order valence-electron chi connectivity index (χ3n) is 14.7. The van der Waals surface area contributed by atoms with Crippen LogP contribution in [0.5, 0.6) is 0 Å². The van der Waals surface area contributed by atoms with Crippen LogP contribution >= 0.6 is 0 Å². The lowest BCUT2D eigenvalue weighted by molar-refractivity contribution is -0.367. The average molecular weight is 1080 g/mol. The van der Waals surface area contributed by atoms with Gasteiger partial charge in [-0.1, -0.05) is 124 Å². The maximum atomic E-state index is 14.7. The molecule has 0 radical (unpaired) electrons. The van der Waals surface area contributed by atoms with Crippen LogP contribution in [-0.4, -0.2) is 176 Å². The van der Waals surface area contributed by atoms with Gasteiger partial charge in [0, 0.05) is 64.5 Å². The molecule has 4 heterocycles. The molecule has 0 spiro atoms. The van der Waals surface area contributed by atoms with Gasteiger partial charge in [0.25, 0.3) is 0 Å². The number of ether oxygens (including phenoxy) is 10. The van der Waals surface area contributed by atoms with E-state index in [1.165, 1.54) is 20.3 Å². The summed E-state index contributed by atoms with van der Waals surface area (Å²) < 4.78 is 61.0. The van der Waals surface area contributed by atoms with Crippen LogP contribution in [-0.2, 0) is 68.2 Å². The van der Waals surface area contributed by atoms with Crippen LogP contribution in [0.4, 0.5) is 0 Å². The SMILES string of the molecule is CC=CC=CC1OC(O)(C(COC2CC(OC)C(OC3CC(OC)C(O)C(C)O3)C(C)O2)C(=O)NCC=CC=C(C)C(OC)C(C)C2CC(O)C(C=CC=CC=CC(=O)O)O2)C(O)C(OC(=O)Cc2ccccc2)C1(C)C. The number of aliphatic carboxylic acids is 1. The Balaban J connectivity index is 1.35. The number of hydrogen-bond acceptors (Lipinski definition) is 17. The van der Waals surface area contributed by atoms with E-state index in [1.807, 2.05) is 32.9 Å². The average Bonchev–Trinajstić information content (AvgIpc) is 3.83. The molecule has 1 aromatic rings. The van der Waals surface area contributed by atoms with E-state index in [1.54, 1.807) is 120 Å². The zero-order chi connectivity index (χ0) is 56.5. The molecule has 0 bridgehead atoms. The summed E-state index contributed by atoms with van der Waals surface area (Å²) in [7, 11) is 4.62. The van der Waals surface area contributed by atoms with Gasteiger partial charge in [-0.15, -0.1) is 0 Å². The highest BCUT2D eigenvalue weighted by Gasteiger charge is 2.63. The monoisotopic (exact) mass is 1080 g/mol. The van der Waals surface area contributed by atoms with E-state index >= 15 is 0 Å². The molecule has 18 atom stereocenters. The summed E-state index contributed by atoms with van der Waals surface area (Å²) in [6.07, 6.45) is 9.87. The van der Waals surface area contributed by atoms with Crippen LogP contribution in [0.25, 0.3) is 0 Å². The fourth-order valence-electron chi connectivity index (χ4n) is 10.2. The molecule has 4 aliphatic heterocycles. The van der Waals surface area contributed by atoms with Gasteiger partial charge in [-0.05, 0) is 38.8 Å². The predicted octanol–water partition coefficient (Wildman–Crippen LogP) is 4.97. The topological polar surface area (TPSA) is 257 Å². The number of aliphatic hydroxyl groups excluding tert-OH is 3. The number of methoxy groups -OCH3 is 3. The number of nitrogens with one attached hydrogen (secondary N) is 1. The van der Waals surface area contributed by atoms with Crippen LogP contribution in [0.15, 0.2) is 115 Å². The van der Waals surface area contributed by atoms with Crippen LogP contribution in [0.2, 0.25) is 0 Å². The second kappa shape index (κ2) is 30.0. The Bertz CT molecular complexity index is 2240. The number of benzene rings is 1. The quantitative estimate of drug-likeness (QED) is 0.0429. The number of allylic oxidation sites excluding steroid dienone is 9. The van der Waals surface area contributed by atoms with Crippen molar-refractivity contribution in [2.45, 2.75) is 172 Å². The summed E-state index contributed by atoms with van der Waals surface area (Å²) in [6.45, 7) is 12.1. The number of esters is 1. The first kappa shape index (κ1) is 63.1. The molecule has 18 unspecified atom stereocenters. The van der Waals surface area contributed by atoms with E-state index in [9.17, 15) is 34.8 Å². The Hall–Kier alpha value is -4.71. The van der Waals surface area contributed by atoms with Gasteiger partial charge < -0.3 is 78.2 Å². The third-order valence-corrected chi connectivity index (χ3v) is 14.7. The first-order chi connectivity index (χ1) is 36.7. The van der Waals surface area contributed by atoms with Crippen molar-refractivity contribution in [3.63, 3.8) is 0 Å². The van der Waals surface area contributed by atoms with E-state index in [4.69, 9.17) is 52.5 Å². The largest absolute Gasteiger partial charge is 0.478 e. The number of carbonyl (C=O) groups is 3. The fraction of sp³-hybridized carbons (Fsp3) is 0.603. The maximum Gasteiger partial charge on any atom is 0.328 e. The molecule has 0 aliphatic carbocycles. The van der Waals surface area contributed by atoms with Gasteiger partial charge in [-0.2, -0.15) is 0 Å². The minimum atomic E-state index is -2.71. The molecule has 1 aromatic carbocycles. The van der Waals surface area contributed by atoms with Gasteiger partial charge in [0.1, 0.15) is 36.4 Å². The van der Waals surface area contributed by atoms with Crippen LogP contribution in [0.3, 0.4) is 0 Å². The number of carbonyl (C=O) groups excluding carboxylic acids is 2. The highest BCUT2D eigenvalue weighted by molar-refractivity contribution is 5.80. The van der Waals surface area contributed by atoms with Crippen LogP contribution < -0.4 is 5.32 Å². The molecule has 4 saturated heterocycles. The Labute approximate surface area is 453 Å². The first-order valence-corrected chi connectivity index (χ1v) is 26.3. The number of carboxylic acid groups (broad SMARTS) is 1. The standard InChI is InChI=1S/C58H83NO18/c1-11-12-16-27-46-57(6,7)55(75-48(63)30-39-24-17-15-18-25-39)54(65)58(67,77-46)40(34-71-49-33-45(69-9)53(38(5)73-49)76-50-32-44(68-8)51(64)37(4)72-50)56(66)59-29-22-21-23-35(2)52(70-10)36(3)43-31-41(60)42(74-43)26-19-13-14-20-28-47(61)62/h11-28,36-38,40-46,49-55,60,64-65,67H,29-34H2,1-10H3,(H,59,66)(H,61,62). The van der Waals surface area contributed by atoms with Crippen molar-refractivity contribution >= 4 is 17.8 Å². The van der Waals surface area contributed by atoms with Crippen molar-refractivity contribution < 1.29 is 87.3 Å². The first-order valence-electron chi connectivity index (χ1n) is 26.3.